The number of rotatable bonds is 5. The van der Waals surface area contributed by atoms with Crippen molar-refractivity contribution in [2.24, 2.45) is 0 Å². The smallest absolute Gasteiger partial charge is 0.356 e. The van der Waals surface area contributed by atoms with Crippen LogP contribution in [0.15, 0.2) is 36.7 Å². The third-order valence-electron chi connectivity index (χ3n) is 2.41. The summed E-state index contributed by atoms with van der Waals surface area (Å²) in [6.07, 6.45) is 2.59. The van der Waals surface area contributed by atoms with Crippen molar-refractivity contribution in [3.63, 3.8) is 0 Å². The first kappa shape index (κ1) is 13.0. The van der Waals surface area contributed by atoms with Gasteiger partial charge in [-0.15, -0.1) is 0 Å². The number of nitrogens with zero attached hydrogens (tertiary/aromatic N) is 2. The van der Waals surface area contributed by atoms with Gasteiger partial charge in [0.15, 0.2) is 5.69 Å². The van der Waals surface area contributed by atoms with Crippen molar-refractivity contribution < 1.29 is 14.6 Å². The standard InChI is InChI=1S/C13H13N3O3/c1-19-8-9-2-4-10(5-3-9)16-12-7-14-11(6-15-12)13(17)18/h2-7H,8H2,1H3,(H,15,16)(H,17,18). The predicted octanol–water partition coefficient (Wildman–Crippen LogP) is 2.06. The molecular weight excluding hydrogens is 246 g/mol. The number of methoxy groups -OCH3 is 1. The maximum Gasteiger partial charge on any atom is 0.356 e. The highest BCUT2D eigenvalue weighted by molar-refractivity contribution is 5.85. The van der Waals surface area contributed by atoms with Crippen LogP contribution in [-0.2, 0) is 11.3 Å². The van der Waals surface area contributed by atoms with Gasteiger partial charge in [0.05, 0.1) is 19.0 Å². The van der Waals surface area contributed by atoms with Crippen molar-refractivity contribution >= 4 is 17.5 Å². The number of carbonyl (C=O) groups is 1. The molecule has 0 aliphatic rings. The van der Waals surface area contributed by atoms with Gasteiger partial charge in [-0.3, -0.25) is 0 Å². The molecule has 1 aromatic heterocycles. The van der Waals surface area contributed by atoms with Crippen LogP contribution in [0.2, 0.25) is 0 Å². The van der Waals surface area contributed by atoms with Gasteiger partial charge >= 0.3 is 5.97 Å². The fourth-order valence-corrected chi connectivity index (χ4v) is 1.50. The summed E-state index contributed by atoms with van der Waals surface area (Å²) in [6.45, 7) is 0.563. The van der Waals surface area contributed by atoms with E-state index in [1.54, 1.807) is 7.11 Å². The molecule has 2 aromatic rings. The number of hydrogen-bond acceptors (Lipinski definition) is 5. The van der Waals surface area contributed by atoms with Crippen molar-refractivity contribution in [2.45, 2.75) is 6.61 Å². The third-order valence-corrected chi connectivity index (χ3v) is 2.41. The molecule has 1 heterocycles. The summed E-state index contributed by atoms with van der Waals surface area (Å²) >= 11 is 0. The van der Waals surface area contributed by atoms with Crippen LogP contribution in [0, 0.1) is 0 Å². The zero-order chi connectivity index (χ0) is 13.7. The lowest BCUT2D eigenvalue weighted by Gasteiger charge is -2.06. The average Bonchev–Trinajstić information content (AvgIpc) is 2.42. The van der Waals surface area contributed by atoms with Crippen LogP contribution >= 0.6 is 0 Å². The summed E-state index contributed by atoms with van der Waals surface area (Å²) in [4.78, 5) is 18.4. The second-order valence-electron chi connectivity index (χ2n) is 3.85. The van der Waals surface area contributed by atoms with E-state index in [1.165, 1.54) is 12.4 Å². The molecule has 0 radical (unpaired) electrons. The topological polar surface area (TPSA) is 84.3 Å². The number of anilines is 2. The lowest BCUT2D eigenvalue weighted by molar-refractivity contribution is 0.0690. The molecule has 6 nitrogen and oxygen atoms in total. The average molecular weight is 259 g/mol. The van der Waals surface area contributed by atoms with Crippen molar-refractivity contribution in [1.82, 2.24) is 9.97 Å². The van der Waals surface area contributed by atoms with Gasteiger partial charge in [-0.25, -0.2) is 14.8 Å². The summed E-state index contributed by atoms with van der Waals surface area (Å²) in [5.41, 5.74) is 1.83. The van der Waals surface area contributed by atoms with Crippen LogP contribution in [0.1, 0.15) is 16.1 Å². The van der Waals surface area contributed by atoms with Crippen molar-refractivity contribution in [1.29, 1.82) is 0 Å². The minimum atomic E-state index is -1.09. The maximum absolute atomic E-state index is 10.6. The molecule has 2 N–H and O–H groups in total. The Morgan fingerprint density at radius 2 is 2.00 bits per heavy atom. The summed E-state index contributed by atoms with van der Waals surface area (Å²) in [7, 11) is 1.64. The number of carboxylic acids is 1. The fourth-order valence-electron chi connectivity index (χ4n) is 1.50. The van der Waals surface area contributed by atoms with E-state index in [2.05, 4.69) is 15.3 Å². The highest BCUT2D eigenvalue weighted by Gasteiger charge is 2.04. The van der Waals surface area contributed by atoms with E-state index in [1.807, 2.05) is 24.3 Å². The van der Waals surface area contributed by atoms with Crippen LogP contribution in [0.25, 0.3) is 0 Å². The molecule has 19 heavy (non-hydrogen) atoms. The molecule has 0 unspecified atom stereocenters. The largest absolute Gasteiger partial charge is 0.476 e. The number of benzene rings is 1. The number of nitrogens with one attached hydrogen (secondary N) is 1. The van der Waals surface area contributed by atoms with Crippen LogP contribution in [0.5, 0.6) is 0 Å². The summed E-state index contributed by atoms with van der Waals surface area (Å²) in [6, 6.07) is 7.65. The number of carboxylic acid groups (broad SMARTS) is 1. The summed E-state index contributed by atoms with van der Waals surface area (Å²) in [5.74, 6) is -0.604. The molecule has 1 aromatic carbocycles. The Kier molecular flexibility index (Phi) is 4.04. The van der Waals surface area contributed by atoms with Gasteiger partial charge in [0, 0.05) is 12.8 Å². The summed E-state index contributed by atoms with van der Waals surface area (Å²) in [5, 5.41) is 11.7. The lowest BCUT2D eigenvalue weighted by atomic mass is 10.2. The van der Waals surface area contributed by atoms with E-state index in [0.717, 1.165) is 11.3 Å². The van der Waals surface area contributed by atoms with Gasteiger partial charge in [-0.1, -0.05) is 12.1 Å². The number of hydrogen-bond donors (Lipinski definition) is 2. The van der Waals surface area contributed by atoms with Crippen molar-refractivity contribution in [2.75, 3.05) is 12.4 Å². The Morgan fingerprint density at radius 3 is 2.53 bits per heavy atom. The molecule has 0 fully saturated rings. The summed E-state index contributed by atoms with van der Waals surface area (Å²) < 4.78 is 5.02. The maximum atomic E-state index is 10.6. The number of aromatic nitrogens is 2. The Morgan fingerprint density at radius 1 is 1.26 bits per heavy atom. The van der Waals surface area contributed by atoms with Gasteiger partial charge in [0.25, 0.3) is 0 Å². The zero-order valence-corrected chi connectivity index (χ0v) is 10.3. The number of ether oxygens (including phenoxy) is 1. The van der Waals surface area contributed by atoms with Crippen molar-refractivity contribution in [3.8, 4) is 0 Å². The molecule has 0 bridgehead atoms. The van der Waals surface area contributed by atoms with Gasteiger partial charge < -0.3 is 15.2 Å². The quantitative estimate of drug-likeness (QED) is 0.855. The highest BCUT2D eigenvalue weighted by Crippen LogP contribution is 2.15. The Labute approximate surface area is 110 Å². The van der Waals surface area contributed by atoms with Gasteiger partial charge in [-0.05, 0) is 17.7 Å². The highest BCUT2D eigenvalue weighted by atomic mass is 16.5. The van der Waals surface area contributed by atoms with E-state index in [9.17, 15) is 4.79 Å². The molecule has 0 amide bonds. The van der Waals surface area contributed by atoms with Crippen LogP contribution in [0.4, 0.5) is 11.5 Å². The minimum Gasteiger partial charge on any atom is -0.476 e. The van der Waals surface area contributed by atoms with Crippen LogP contribution < -0.4 is 5.32 Å². The predicted molar refractivity (Wildman–Crippen MR) is 69.4 cm³/mol. The number of aromatic carboxylic acids is 1. The van der Waals surface area contributed by atoms with E-state index >= 15 is 0 Å². The fraction of sp³-hybridized carbons (Fsp3) is 0.154. The van der Waals surface area contributed by atoms with Crippen LogP contribution in [-0.4, -0.2) is 28.2 Å². The molecule has 0 saturated carbocycles. The van der Waals surface area contributed by atoms with E-state index in [0.29, 0.717) is 12.4 Å². The molecule has 0 atom stereocenters. The van der Waals surface area contributed by atoms with Gasteiger partial charge in [0.2, 0.25) is 0 Å². The van der Waals surface area contributed by atoms with E-state index in [-0.39, 0.29) is 5.69 Å². The molecule has 2 rings (SSSR count). The normalized spacial score (nSPS) is 10.2. The monoisotopic (exact) mass is 259 g/mol. The molecule has 0 spiro atoms. The molecule has 0 saturated heterocycles. The Bertz CT molecular complexity index is 552. The second kappa shape index (κ2) is 5.92. The van der Waals surface area contributed by atoms with Gasteiger partial charge in [0.1, 0.15) is 5.82 Å². The second-order valence-corrected chi connectivity index (χ2v) is 3.85. The van der Waals surface area contributed by atoms with E-state index < -0.39 is 5.97 Å². The molecule has 0 aliphatic heterocycles. The molecule has 0 aliphatic carbocycles. The Balaban J connectivity index is 2.06. The van der Waals surface area contributed by atoms with Gasteiger partial charge in [-0.2, -0.15) is 0 Å². The molecule has 6 heteroatoms. The first-order valence-corrected chi connectivity index (χ1v) is 5.59. The first-order chi connectivity index (χ1) is 9.19. The SMILES string of the molecule is COCc1ccc(Nc2cnc(C(=O)O)cn2)cc1. The molecular formula is C13H13N3O3. The van der Waals surface area contributed by atoms with Crippen LogP contribution in [0.3, 0.4) is 0 Å². The van der Waals surface area contributed by atoms with Crippen molar-refractivity contribution in [3.05, 3.63) is 47.9 Å². The third kappa shape index (κ3) is 3.49. The van der Waals surface area contributed by atoms with E-state index in [4.69, 9.17) is 9.84 Å². The lowest BCUT2D eigenvalue weighted by Crippen LogP contribution is -2.02. The zero-order valence-electron chi connectivity index (χ0n) is 10.3. The molecule has 98 valence electrons. The minimum absolute atomic E-state index is 0.0824. The Hall–Kier alpha value is -2.47. The first-order valence-electron chi connectivity index (χ1n) is 5.59.